The van der Waals surface area contributed by atoms with E-state index < -0.39 is 4.92 Å². The highest BCUT2D eigenvalue weighted by atomic mass is 16.6. The number of nitrogens with two attached hydrogens (primary N) is 1. The quantitative estimate of drug-likeness (QED) is 0.459. The van der Waals surface area contributed by atoms with Crippen LogP contribution in [0.1, 0.15) is 26.7 Å². The van der Waals surface area contributed by atoms with Gasteiger partial charge in [-0.05, 0) is 12.8 Å². The monoisotopic (exact) mass is 254 g/mol. The van der Waals surface area contributed by atoms with Crippen molar-refractivity contribution in [3.8, 4) is 11.5 Å². The highest BCUT2D eigenvalue weighted by Gasteiger charge is 2.19. The van der Waals surface area contributed by atoms with E-state index in [4.69, 9.17) is 15.2 Å². The fourth-order valence-electron chi connectivity index (χ4n) is 1.37. The minimum atomic E-state index is -0.497. The van der Waals surface area contributed by atoms with Crippen molar-refractivity contribution in [3.63, 3.8) is 0 Å². The molecule has 0 aliphatic rings. The van der Waals surface area contributed by atoms with Crippen LogP contribution in [0.5, 0.6) is 11.5 Å². The van der Waals surface area contributed by atoms with Crippen LogP contribution in [-0.4, -0.2) is 18.1 Å². The third kappa shape index (κ3) is 3.51. The summed E-state index contributed by atoms with van der Waals surface area (Å²) in [7, 11) is 0. The molecule has 0 radical (unpaired) electrons. The Labute approximate surface area is 106 Å². The van der Waals surface area contributed by atoms with Crippen LogP contribution >= 0.6 is 0 Å². The average molecular weight is 254 g/mol. The molecule has 0 unspecified atom stereocenters. The van der Waals surface area contributed by atoms with Crippen molar-refractivity contribution < 1.29 is 14.4 Å². The van der Waals surface area contributed by atoms with Crippen LogP contribution in [0.2, 0.25) is 0 Å². The summed E-state index contributed by atoms with van der Waals surface area (Å²) in [4.78, 5) is 10.5. The predicted octanol–water partition coefficient (Wildman–Crippen LogP) is 2.75. The lowest BCUT2D eigenvalue weighted by atomic mass is 10.2. The Balaban J connectivity index is 3.04. The van der Waals surface area contributed by atoms with Gasteiger partial charge in [-0.2, -0.15) is 0 Å². The SMILES string of the molecule is CCCOc1cc([N+](=O)[O-])c(OCCC)cc1N. The van der Waals surface area contributed by atoms with E-state index in [1.807, 2.05) is 13.8 Å². The van der Waals surface area contributed by atoms with Crippen LogP contribution in [0.4, 0.5) is 11.4 Å². The molecule has 0 aliphatic heterocycles. The highest BCUT2D eigenvalue weighted by Crippen LogP contribution is 2.36. The van der Waals surface area contributed by atoms with E-state index >= 15 is 0 Å². The summed E-state index contributed by atoms with van der Waals surface area (Å²) in [5, 5.41) is 11.0. The molecular formula is C12H18N2O4. The van der Waals surface area contributed by atoms with Crippen LogP contribution in [0.25, 0.3) is 0 Å². The molecule has 1 aromatic rings. The van der Waals surface area contributed by atoms with E-state index in [9.17, 15) is 10.1 Å². The maximum Gasteiger partial charge on any atom is 0.314 e. The zero-order valence-electron chi connectivity index (χ0n) is 10.6. The van der Waals surface area contributed by atoms with Crippen molar-refractivity contribution in [2.75, 3.05) is 18.9 Å². The van der Waals surface area contributed by atoms with Crippen molar-refractivity contribution in [2.24, 2.45) is 0 Å². The highest BCUT2D eigenvalue weighted by molar-refractivity contribution is 5.64. The standard InChI is InChI=1S/C12H18N2O4/c1-3-5-17-11-8-10(14(15)16)12(7-9(11)13)18-6-4-2/h7-8H,3-6,13H2,1-2H3. The Hall–Kier alpha value is -1.98. The van der Waals surface area contributed by atoms with Gasteiger partial charge in [0.05, 0.1) is 29.9 Å². The second kappa shape index (κ2) is 6.68. The summed E-state index contributed by atoms with van der Waals surface area (Å²) in [6.45, 7) is 4.75. The normalized spacial score (nSPS) is 10.1. The molecular weight excluding hydrogens is 236 g/mol. The molecule has 1 aromatic carbocycles. The van der Waals surface area contributed by atoms with Gasteiger partial charge in [0.25, 0.3) is 0 Å². The second-order valence-electron chi connectivity index (χ2n) is 3.81. The first-order chi connectivity index (χ1) is 8.60. The fraction of sp³-hybridized carbons (Fsp3) is 0.500. The van der Waals surface area contributed by atoms with Crippen LogP contribution in [-0.2, 0) is 0 Å². The Morgan fingerprint density at radius 3 is 2.22 bits per heavy atom. The minimum Gasteiger partial charge on any atom is -0.491 e. The van der Waals surface area contributed by atoms with Gasteiger partial charge in [-0.3, -0.25) is 10.1 Å². The van der Waals surface area contributed by atoms with Crippen LogP contribution in [0.3, 0.4) is 0 Å². The molecule has 0 heterocycles. The number of anilines is 1. The Bertz CT molecular complexity index is 421. The largest absolute Gasteiger partial charge is 0.491 e. The smallest absolute Gasteiger partial charge is 0.314 e. The number of nitrogens with zero attached hydrogens (tertiary/aromatic N) is 1. The molecule has 0 aliphatic carbocycles. The minimum absolute atomic E-state index is 0.122. The van der Waals surface area contributed by atoms with E-state index in [0.29, 0.717) is 24.7 Å². The molecule has 0 fully saturated rings. The number of rotatable bonds is 7. The first-order valence-corrected chi connectivity index (χ1v) is 5.93. The second-order valence-corrected chi connectivity index (χ2v) is 3.81. The molecule has 6 nitrogen and oxygen atoms in total. The number of benzene rings is 1. The van der Waals surface area contributed by atoms with Gasteiger partial charge in [0.1, 0.15) is 5.75 Å². The molecule has 0 aromatic heterocycles. The molecule has 0 spiro atoms. The zero-order chi connectivity index (χ0) is 13.5. The van der Waals surface area contributed by atoms with Crippen molar-refractivity contribution in [3.05, 3.63) is 22.2 Å². The van der Waals surface area contributed by atoms with Gasteiger partial charge in [-0.15, -0.1) is 0 Å². The van der Waals surface area contributed by atoms with Gasteiger partial charge >= 0.3 is 5.69 Å². The number of hydrogen-bond acceptors (Lipinski definition) is 5. The Morgan fingerprint density at radius 2 is 1.72 bits per heavy atom. The maximum atomic E-state index is 11.0. The van der Waals surface area contributed by atoms with Gasteiger partial charge in [-0.1, -0.05) is 13.8 Å². The zero-order valence-corrected chi connectivity index (χ0v) is 10.6. The fourth-order valence-corrected chi connectivity index (χ4v) is 1.37. The summed E-state index contributed by atoms with van der Waals surface area (Å²) in [6.07, 6.45) is 1.58. The van der Waals surface area contributed by atoms with E-state index in [1.165, 1.54) is 12.1 Å². The summed E-state index contributed by atoms with van der Waals surface area (Å²) < 4.78 is 10.7. The van der Waals surface area contributed by atoms with E-state index in [0.717, 1.165) is 12.8 Å². The lowest BCUT2D eigenvalue weighted by Gasteiger charge is -2.11. The third-order valence-electron chi connectivity index (χ3n) is 2.21. The summed E-state index contributed by atoms with van der Waals surface area (Å²) in [5.41, 5.74) is 6.00. The van der Waals surface area contributed by atoms with Crippen LogP contribution in [0, 0.1) is 10.1 Å². The molecule has 0 saturated carbocycles. The number of nitro benzene ring substituents is 1. The van der Waals surface area contributed by atoms with Crippen molar-refractivity contribution in [1.82, 2.24) is 0 Å². The average Bonchev–Trinajstić information content (AvgIpc) is 2.34. The molecule has 0 atom stereocenters. The third-order valence-corrected chi connectivity index (χ3v) is 2.21. The first kappa shape index (κ1) is 14.1. The van der Waals surface area contributed by atoms with Gasteiger partial charge in [0.15, 0.2) is 5.75 Å². The predicted molar refractivity (Wildman–Crippen MR) is 69.1 cm³/mol. The Morgan fingerprint density at radius 1 is 1.17 bits per heavy atom. The summed E-state index contributed by atoms with van der Waals surface area (Å²) in [6, 6.07) is 2.76. The topological polar surface area (TPSA) is 87.6 Å². The number of nitrogen functional groups attached to an aromatic ring is 1. The van der Waals surface area contributed by atoms with Gasteiger partial charge in [0, 0.05) is 6.07 Å². The number of hydrogen-bond donors (Lipinski definition) is 1. The van der Waals surface area contributed by atoms with Crippen molar-refractivity contribution in [2.45, 2.75) is 26.7 Å². The number of ether oxygens (including phenoxy) is 2. The van der Waals surface area contributed by atoms with Crippen molar-refractivity contribution >= 4 is 11.4 Å². The molecule has 0 saturated heterocycles. The van der Waals surface area contributed by atoms with Crippen LogP contribution in [0.15, 0.2) is 12.1 Å². The lowest BCUT2D eigenvalue weighted by molar-refractivity contribution is -0.385. The Kier molecular flexibility index (Phi) is 5.23. The lowest BCUT2D eigenvalue weighted by Crippen LogP contribution is -2.04. The van der Waals surface area contributed by atoms with E-state index in [-0.39, 0.29) is 11.4 Å². The van der Waals surface area contributed by atoms with E-state index in [2.05, 4.69) is 0 Å². The summed E-state index contributed by atoms with van der Waals surface area (Å²) >= 11 is 0. The molecule has 1 rings (SSSR count). The molecule has 0 bridgehead atoms. The molecule has 6 heteroatoms. The van der Waals surface area contributed by atoms with Gasteiger partial charge in [0.2, 0.25) is 0 Å². The molecule has 100 valence electrons. The molecule has 18 heavy (non-hydrogen) atoms. The first-order valence-electron chi connectivity index (χ1n) is 5.93. The van der Waals surface area contributed by atoms with Crippen LogP contribution < -0.4 is 15.2 Å². The van der Waals surface area contributed by atoms with Gasteiger partial charge < -0.3 is 15.2 Å². The molecule has 0 amide bonds. The van der Waals surface area contributed by atoms with Gasteiger partial charge in [-0.25, -0.2) is 0 Å². The van der Waals surface area contributed by atoms with E-state index in [1.54, 1.807) is 0 Å². The summed E-state index contributed by atoms with van der Waals surface area (Å²) in [5.74, 6) is 0.510. The van der Waals surface area contributed by atoms with Crippen molar-refractivity contribution in [1.29, 1.82) is 0 Å². The number of nitro groups is 1. The maximum absolute atomic E-state index is 11.0. The molecule has 2 N–H and O–H groups in total.